The van der Waals surface area contributed by atoms with E-state index in [1.54, 1.807) is 26.2 Å². The Morgan fingerprint density at radius 2 is 1.83 bits per heavy atom. The maximum atomic E-state index is 12.9. The van der Waals surface area contributed by atoms with Gasteiger partial charge in [-0.05, 0) is 37.6 Å². The van der Waals surface area contributed by atoms with Crippen LogP contribution in [0.4, 0.5) is 4.79 Å². The minimum Gasteiger partial charge on any atom is -0.497 e. The molecule has 152 valence electrons. The van der Waals surface area contributed by atoms with Crippen molar-refractivity contribution in [3.63, 3.8) is 0 Å². The maximum Gasteiger partial charge on any atom is 0.338 e. The zero-order valence-electron chi connectivity index (χ0n) is 16.7. The van der Waals surface area contributed by atoms with Crippen LogP contribution in [-0.2, 0) is 16.1 Å². The Morgan fingerprint density at radius 3 is 2.52 bits per heavy atom. The molecule has 1 heterocycles. The van der Waals surface area contributed by atoms with Crippen molar-refractivity contribution >= 4 is 12.0 Å². The molecule has 0 saturated carbocycles. The van der Waals surface area contributed by atoms with Crippen LogP contribution in [0.5, 0.6) is 11.5 Å². The average molecular weight is 396 g/mol. The van der Waals surface area contributed by atoms with Gasteiger partial charge in [-0.3, -0.25) is 0 Å². The number of hydrogen-bond donors (Lipinski definition) is 2. The highest BCUT2D eigenvalue weighted by molar-refractivity contribution is 5.95. The van der Waals surface area contributed by atoms with Gasteiger partial charge in [0.05, 0.1) is 25.3 Å². The van der Waals surface area contributed by atoms with E-state index in [9.17, 15) is 9.59 Å². The first kappa shape index (κ1) is 20.3. The number of nitrogens with one attached hydrogen (secondary N) is 2. The summed E-state index contributed by atoms with van der Waals surface area (Å²) < 4.78 is 16.3. The molecule has 0 saturated heterocycles. The van der Waals surface area contributed by atoms with Gasteiger partial charge in [-0.15, -0.1) is 0 Å². The van der Waals surface area contributed by atoms with Crippen molar-refractivity contribution in [3.05, 3.63) is 70.9 Å². The molecule has 1 atom stereocenters. The average Bonchev–Trinajstić information content (AvgIpc) is 2.72. The Morgan fingerprint density at radius 1 is 1.10 bits per heavy atom. The van der Waals surface area contributed by atoms with E-state index in [4.69, 9.17) is 14.2 Å². The fourth-order valence-electron chi connectivity index (χ4n) is 3.15. The molecule has 7 nitrogen and oxygen atoms in total. The molecule has 1 aliphatic heterocycles. The zero-order valence-corrected chi connectivity index (χ0v) is 16.7. The van der Waals surface area contributed by atoms with Crippen molar-refractivity contribution in [3.8, 4) is 11.5 Å². The normalized spacial score (nSPS) is 16.0. The van der Waals surface area contributed by atoms with Crippen LogP contribution in [0.15, 0.2) is 59.8 Å². The molecular formula is C22H24N2O5. The van der Waals surface area contributed by atoms with Crippen molar-refractivity contribution in [1.82, 2.24) is 10.6 Å². The second-order valence-corrected chi connectivity index (χ2v) is 6.47. The smallest absolute Gasteiger partial charge is 0.338 e. The molecule has 0 fully saturated rings. The van der Waals surface area contributed by atoms with Crippen molar-refractivity contribution in [1.29, 1.82) is 0 Å². The van der Waals surface area contributed by atoms with Crippen LogP contribution < -0.4 is 20.1 Å². The Balaban J connectivity index is 1.84. The Hall–Kier alpha value is -3.48. The first-order chi connectivity index (χ1) is 14.0. The summed E-state index contributed by atoms with van der Waals surface area (Å²) in [4.78, 5) is 25.0. The second-order valence-electron chi connectivity index (χ2n) is 6.47. The first-order valence-corrected chi connectivity index (χ1v) is 9.33. The number of allylic oxidation sites excluding steroid dienone is 1. The second kappa shape index (κ2) is 9.14. The number of ether oxygens (including phenoxy) is 3. The molecule has 7 heteroatoms. The van der Waals surface area contributed by atoms with E-state index in [1.165, 1.54) is 0 Å². The number of carbonyl (C=O) groups excluding carboxylic acids is 2. The first-order valence-electron chi connectivity index (χ1n) is 9.33. The number of carbonyl (C=O) groups is 2. The van der Waals surface area contributed by atoms with Crippen LogP contribution in [-0.4, -0.2) is 25.7 Å². The number of benzene rings is 2. The highest BCUT2D eigenvalue weighted by Gasteiger charge is 2.33. The van der Waals surface area contributed by atoms with Crippen molar-refractivity contribution in [2.45, 2.75) is 26.5 Å². The summed E-state index contributed by atoms with van der Waals surface area (Å²) in [6.07, 6.45) is 0. The number of urea groups is 1. The van der Waals surface area contributed by atoms with Crippen LogP contribution in [0.1, 0.15) is 31.0 Å². The lowest BCUT2D eigenvalue weighted by molar-refractivity contribution is -0.140. The van der Waals surface area contributed by atoms with E-state index in [0.29, 0.717) is 29.2 Å². The van der Waals surface area contributed by atoms with Gasteiger partial charge in [0.2, 0.25) is 0 Å². The molecule has 3 rings (SSSR count). The monoisotopic (exact) mass is 396 g/mol. The maximum absolute atomic E-state index is 12.9. The summed E-state index contributed by atoms with van der Waals surface area (Å²) >= 11 is 0. The third-order valence-electron chi connectivity index (χ3n) is 4.55. The lowest BCUT2D eigenvalue weighted by Crippen LogP contribution is -2.45. The lowest BCUT2D eigenvalue weighted by atomic mass is 9.95. The molecule has 2 aromatic carbocycles. The van der Waals surface area contributed by atoms with Crippen LogP contribution in [0.2, 0.25) is 0 Å². The van der Waals surface area contributed by atoms with E-state index in [-0.39, 0.29) is 12.6 Å². The minimum atomic E-state index is -0.671. The van der Waals surface area contributed by atoms with Crippen molar-refractivity contribution < 1.29 is 23.8 Å². The van der Waals surface area contributed by atoms with Gasteiger partial charge in [0.25, 0.3) is 0 Å². The van der Waals surface area contributed by atoms with Gasteiger partial charge in [-0.2, -0.15) is 0 Å². The molecular weight excluding hydrogens is 372 g/mol. The topological polar surface area (TPSA) is 85.9 Å². The molecule has 0 spiro atoms. The summed E-state index contributed by atoms with van der Waals surface area (Å²) in [7, 11) is 1.59. The summed E-state index contributed by atoms with van der Waals surface area (Å²) in [5.41, 5.74) is 2.31. The van der Waals surface area contributed by atoms with E-state index in [0.717, 1.165) is 11.3 Å². The number of rotatable bonds is 7. The number of esters is 1. The predicted molar refractivity (Wildman–Crippen MR) is 108 cm³/mol. The number of methoxy groups -OCH3 is 1. The van der Waals surface area contributed by atoms with Crippen LogP contribution in [0, 0.1) is 0 Å². The molecule has 0 bridgehead atoms. The Bertz CT molecular complexity index is 921. The summed E-state index contributed by atoms with van der Waals surface area (Å²) in [6.45, 7) is 4.13. The van der Waals surface area contributed by atoms with Gasteiger partial charge in [0.15, 0.2) is 0 Å². The van der Waals surface area contributed by atoms with Gasteiger partial charge >= 0.3 is 12.0 Å². The van der Waals surface area contributed by atoms with Crippen LogP contribution in [0.3, 0.4) is 0 Å². The number of para-hydroxylation sites is 1. The van der Waals surface area contributed by atoms with Crippen LogP contribution >= 0.6 is 0 Å². The number of amides is 2. The molecule has 2 aromatic rings. The summed E-state index contributed by atoms with van der Waals surface area (Å²) in [5.74, 6) is 0.822. The molecule has 1 unspecified atom stereocenters. The Labute approximate surface area is 169 Å². The molecule has 2 amide bonds. The summed E-state index contributed by atoms with van der Waals surface area (Å²) in [6, 6.07) is 13.5. The van der Waals surface area contributed by atoms with Crippen LogP contribution in [0.25, 0.3) is 0 Å². The van der Waals surface area contributed by atoms with Gasteiger partial charge in [-0.25, -0.2) is 9.59 Å². The third kappa shape index (κ3) is 4.68. The largest absolute Gasteiger partial charge is 0.497 e. The fraction of sp³-hybridized carbons (Fsp3) is 0.273. The van der Waals surface area contributed by atoms with Gasteiger partial charge in [0, 0.05) is 11.3 Å². The van der Waals surface area contributed by atoms with Gasteiger partial charge in [0.1, 0.15) is 18.1 Å². The van der Waals surface area contributed by atoms with E-state index in [2.05, 4.69) is 10.6 Å². The van der Waals surface area contributed by atoms with E-state index < -0.39 is 12.0 Å². The van der Waals surface area contributed by atoms with E-state index in [1.807, 2.05) is 43.3 Å². The minimum absolute atomic E-state index is 0.105. The SMILES string of the molecule is CCOc1ccccc1C1NC(=O)NC(C)=C1C(=O)OCc1ccc(OC)cc1. The van der Waals surface area contributed by atoms with Gasteiger partial charge in [-0.1, -0.05) is 30.3 Å². The quantitative estimate of drug-likeness (QED) is 0.700. The molecule has 2 N–H and O–H groups in total. The number of hydrogen-bond acceptors (Lipinski definition) is 5. The Kier molecular flexibility index (Phi) is 6.39. The van der Waals surface area contributed by atoms with Crippen molar-refractivity contribution in [2.75, 3.05) is 13.7 Å². The standard InChI is InChI=1S/C22H24N2O5/c1-4-28-18-8-6-5-7-17(18)20-19(14(2)23-22(26)24-20)21(25)29-13-15-9-11-16(27-3)12-10-15/h5-12,20H,4,13H2,1-3H3,(H2,23,24,26). The zero-order chi connectivity index (χ0) is 20.8. The van der Waals surface area contributed by atoms with Crippen molar-refractivity contribution in [2.24, 2.45) is 0 Å². The fourth-order valence-corrected chi connectivity index (χ4v) is 3.15. The summed E-state index contributed by atoms with van der Waals surface area (Å²) in [5, 5.41) is 5.45. The lowest BCUT2D eigenvalue weighted by Gasteiger charge is -2.29. The highest BCUT2D eigenvalue weighted by atomic mass is 16.5. The molecule has 29 heavy (non-hydrogen) atoms. The van der Waals surface area contributed by atoms with E-state index >= 15 is 0 Å². The molecule has 0 aliphatic carbocycles. The molecule has 0 radical (unpaired) electrons. The van der Waals surface area contributed by atoms with Gasteiger partial charge < -0.3 is 24.8 Å². The molecule has 0 aromatic heterocycles. The predicted octanol–water partition coefficient (Wildman–Crippen LogP) is 3.47. The third-order valence-corrected chi connectivity index (χ3v) is 4.55. The molecule has 1 aliphatic rings. The highest BCUT2D eigenvalue weighted by Crippen LogP contribution is 2.33.